The van der Waals surface area contributed by atoms with Gasteiger partial charge >= 0.3 is 0 Å². The van der Waals surface area contributed by atoms with Crippen LogP contribution in [0.15, 0.2) is 18.3 Å². The highest BCUT2D eigenvalue weighted by Gasteiger charge is 2.21. The molecule has 3 N–H and O–H groups in total. The first kappa shape index (κ1) is 17.7. The Kier molecular flexibility index (Phi) is 5.55. The van der Waals surface area contributed by atoms with E-state index >= 15 is 0 Å². The molecule has 0 bridgehead atoms. The van der Waals surface area contributed by atoms with Crippen molar-refractivity contribution < 1.29 is 4.79 Å². The van der Waals surface area contributed by atoms with E-state index in [9.17, 15) is 4.79 Å². The van der Waals surface area contributed by atoms with Crippen LogP contribution in [0, 0.1) is 0 Å². The molecule has 2 aliphatic heterocycles. The number of nitrogens with one attached hydrogen (secondary N) is 3. The maximum atomic E-state index is 12.5. The Hall–Kier alpha value is -2.12. The van der Waals surface area contributed by atoms with Crippen molar-refractivity contribution in [1.82, 2.24) is 20.5 Å². The van der Waals surface area contributed by atoms with Crippen LogP contribution >= 0.6 is 12.4 Å². The first-order chi connectivity index (χ1) is 11.8. The number of nitrogens with zero attached hydrogens (tertiary/aromatic N) is 3. The van der Waals surface area contributed by atoms with Gasteiger partial charge in [0.05, 0.1) is 11.9 Å². The fraction of sp³-hybridized carbons (Fsp3) is 0.471. The van der Waals surface area contributed by atoms with Gasteiger partial charge in [-0.05, 0) is 31.4 Å². The minimum absolute atomic E-state index is 0. The second-order valence-electron chi connectivity index (χ2n) is 6.36. The molecule has 25 heavy (non-hydrogen) atoms. The number of fused-ring (bicyclic) bond motifs is 1. The van der Waals surface area contributed by atoms with Gasteiger partial charge in [0.15, 0.2) is 5.69 Å². The molecular formula is C17H23ClN6O. The molecule has 1 fully saturated rings. The molecule has 4 heterocycles. The molecule has 8 heteroatoms. The Labute approximate surface area is 153 Å². The zero-order valence-corrected chi connectivity index (χ0v) is 14.9. The number of hydrogen-bond donors (Lipinski definition) is 3. The standard InChI is InChI=1S/C17H22N6O.ClH/c24-17(16-13-11-18-7-6-14(13)21-22-16)20-15-5-4-12(10-19-15)23-8-2-1-3-9-23;/h4-5,10,18H,1-3,6-9,11H2,(H,21,22)(H,19,20,24);1H. The van der Waals surface area contributed by atoms with E-state index < -0.39 is 0 Å². The summed E-state index contributed by atoms with van der Waals surface area (Å²) in [4.78, 5) is 19.2. The lowest BCUT2D eigenvalue weighted by atomic mass is 10.1. The Morgan fingerprint density at radius 1 is 1.20 bits per heavy atom. The third-order valence-electron chi connectivity index (χ3n) is 4.73. The Morgan fingerprint density at radius 2 is 2.04 bits per heavy atom. The number of rotatable bonds is 3. The van der Waals surface area contributed by atoms with Gasteiger partial charge in [-0.2, -0.15) is 5.10 Å². The van der Waals surface area contributed by atoms with Crippen molar-refractivity contribution >= 4 is 29.8 Å². The van der Waals surface area contributed by atoms with Crippen LogP contribution in [-0.2, 0) is 13.0 Å². The summed E-state index contributed by atoms with van der Waals surface area (Å²) >= 11 is 0. The maximum absolute atomic E-state index is 12.5. The highest BCUT2D eigenvalue weighted by molar-refractivity contribution is 6.03. The topological polar surface area (TPSA) is 85.9 Å². The minimum atomic E-state index is -0.213. The number of aromatic amines is 1. The van der Waals surface area contributed by atoms with Gasteiger partial charge in [0.2, 0.25) is 0 Å². The average molecular weight is 363 g/mol. The molecule has 0 atom stereocenters. The number of aromatic nitrogens is 3. The summed E-state index contributed by atoms with van der Waals surface area (Å²) in [5, 5.41) is 13.3. The third-order valence-corrected chi connectivity index (χ3v) is 4.73. The van der Waals surface area contributed by atoms with Crippen molar-refractivity contribution in [2.75, 3.05) is 29.9 Å². The third kappa shape index (κ3) is 3.77. The molecule has 0 saturated carbocycles. The lowest BCUT2D eigenvalue weighted by Crippen LogP contribution is -2.29. The smallest absolute Gasteiger partial charge is 0.277 e. The summed E-state index contributed by atoms with van der Waals surface area (Å²) in [5.41, 5.74) is 3.59. The first-order valence-corrected chi connectivity index (χ1v) is 8.60. The van der Waals surface area contributed by atoms with E-state index in [2.05, 4.69) is 30.7 Å². The molecule has 2 aromatic rings. The number of piperidine rings is 1. The van der Waals surface area contributed by atoms with Crippen LogP contribution in [0.5, 0.6) is 0 Å². The van der Waals surface area contributed by atoms with Crippen molar-refractivity contribution in [3.63, 3.8) is 0 Å². The highest BCUT2D eigenvalue weighted by atomic mass is 35.5. The number of anilines is 2. The van der Waals surface area contributed by atoms with Crippen molar-refractivity contribution in [3.05, 3.63) is 35.3 Å². The molecule has 1 saturated heterocycles. The van der Waals surface area contributed by atoms with Crippen LogP contribution in [0.4, 0.5) is 11.5 Å². The van der Waals surface area contributed by atoms with Crippen LogP contribution in [-0.4, -0.2) is 40.7 Å². The predicted molar refractivity (Wildman–Crippen MR) is 99.5 cm³/mol. The summed E-state index contributed by atoms with van der Waals surface area (Å²) in [5.74, 6) is 0.343. The molecule has 2 aliphatic rings. The van der Waals surface area contributed by atoms with Gasteiger partial charge in [-0.15, -0.1) is 12.4 Å². The lowest BCUT2D eigenvalue weighted by molar-refractivity contribution is 0.102. The van der Waals surface area contributed by atoms with E-state index in [0.717, 1.165) is 43.0 Å². The largest absolute Gasteiger partial charge is 0.370 e. The molecule has 2 aromatic heterocycles. The first-order valence-electron chi connectivity index (χ1n) is 8.60. The molecular weight excluding hydrogens is 340 g/mol. The molecule has 0 spiro atoms. The van der Waals surface area contributed by atoms with Crippen molar-refractivity contribution in [2.24, 2.45) is 0 Å². The van der Waals surface area contributed by atoms with Gasteiger partial charge < -0.3 is 15.5 Å². The molecule has 0 radical (unpaired) electrons. The van der Waals surface area contributed by atoms with Gasteiger partial charge in [0.25, 0.3) is 5.91 Å². The number of carbonyl (C=O) groups is 1. The predicted octanol–water partition coefficient (Wildman–Crippen LogP) is 2.11. The minimum Gasteiger partial charge on any atom is -0.370 e. The summed E-state index contributed by atoms with van der Waals surface area (Å²) in [7, 11) is 0. The van der Waals surface area contributed by atoms with Crippen LogP contribution < -0.4 is 15.5 Å². The van der Waals surface area contributed by atoms with Crippen molar-refractivity contribution in [2.45, 2.75) is 32.2 Å². The number of amides is 1. The second-order valence-corrected chi connectivity index (χ2v) is 6.36. The second kappa shape index (κ2) is 7.84. The van der Waals surface area contributed by atoms with E-state index in [1.165, 1.54) is 19.3 Å². The summed E-state index contributed by atoms with van der Waals surface area (Å²) in [6.45, 7) is 3.76. The molecule has 4 rings (SSSR count). The Morgan fingerprint density at radius 3 is 2.80 bits per heavy atom. The summed E-state index contributed by atoms with van der Waals surface area (Å²) in [6.07, 6.45) is 6.48. The van der Waals surface area contributed by atoms with E-state index in [1.807, 2.05) is 18.3 Å². The number of H-pyrrole nitrogens is 1. The van der Waals surface area contributed by atoms with Gasteiger partial charge in [-0.3, -0.25) is 9.89 Å². The molecule has 0 unspecified atom stereocenters. The Balaban J connectivity index is 0.00000182. The van der Waals surface area contributed by atoms with E-state index in [4.69, 9.17) is 0 Å². The number of pyridine rings is 1. The van der Waals surface area contributed by atoms with Crippen LogP contribution in [0.3, 0.4) is 0 Å². The molecule has 1 amide bonds. The van der Waals surface area contributed by atoms with E-state index in [1.54, 1.807) is 0 Å². The van der Waals surface area contributed by atoms with Gasteiger partial charge in [0.1, 0.15) is 5.82 Å². The zero-order valence-electron chi connectivity index (χ0n) is 14.0. The molecule has 134 valence electrons. The fourth-order valence-electron chi connectivity index (χ4n) is 3.39. The van der Waals surface area contributed by atoms with Crippen LogP contribution in [0.2, 0.25) is 0 Å². The molecule has 7 nitrogen and oxygen atoms in total. The normalized spacial score (nSPS) is 16.7. The molecule has 0 aromatic carbocycles. The van der Waals surface area contributed by atoms with Crippen LogP contribution in [0.1, 0.15) is 41.0 Å². The zero-order chi connectivity index (χ0) is 16.4. The number of hydrogen-bond acceptors (Lipinski definition) is 5. The van der Waals surface area contributed by atoms with Crippen molar-refractivity contribution in [1.29, 1.82) is 0 Å². The SMILES string of the molecule is Cl.O=C(Nc1ccc(N2CCCCC2)cn1)c1n[nH]c2c1CNCC2. The van der Waals surface area contributed by atoms with Gasteiger partial charge in [-0.25, -0.2) is 4.98 Å². The number of carbonyl (C=O) groups excluding carboxylic acids is 1. The molecule has 0 aliphatic carbocycles. The lowest BCUT2D eigenvalue weighted by Gasteiger charge is -2.28. The van der Waals surface area contributed by atoms with E-state index in [0.29, 0.717) is 18.1 Å². The average Bonchev–Trinajstić information content (AvgIpc) is 3.07. The summed E-state index contributed by atoms with van der Waals surface area (Å²) < 4.78 is 0. The van der Waals surface area contributed by atoms with Crippen LogP contribution in [0.25, 0.3) is 0 Å². The monoisotopic (exact) mass is 362 g/mol. The maximum Gasteiger partial charge on any atom is 0.277 e. The van der Waals surface area contributed by atoms with Crippen molar-refractivity contribution in [3.8, 4) is 0 Å². The van der Waals surface area contributed by atoms with E-state index in [-0.39, 0.29) is 18.3 Å². The fourth-order valence-corrected chi connectivity index (χ4v) is 3.39. The highest BCUT2D eigenvalue weighted by Crippen LogP contribution is 2.21. The summed E-state index contributed by atoms with van der Waals surface area (Å²) in [6, 6.07) is 3.88. The Bertz CT molecular complexity index is 723. The van der Waals surface area contributed by atoms with Gasteiger partial charge in [0, 0.05) is 43.9 Å². The quantitative estimate of drug-likeness (QED) is 0.778. The number of halogens is 1. The van der Waals surface area contributed by atoms with Gasteiger partial charge in [-0.1, -0.05) is 0 Å².